The number of hydrogen-bond acceptors (Lipinski definition) is 3. The number of hydrogen-bond donors (Lipinski definition) is 1. The lowest BCUT2D eigenvalue weighted by Crippen LogP contribution is -2.07. The molecule has 0 amide bonds. The topological polar surface area (TPSA) is 62.3 Å². The van der Waals surface area contributed by atoms with Gasteiger partial charge in [0.25, 0.3) is 5.56 Å². The van der Waals surface area contributed by atoms with Crippen molar-refractivity contribution in [1.82, 2.24) is 4.98 Å². The van der Waals surface area contributed by atoms with Gasteiger partial charge in [-0.15, -0.1) is 0 Å². The molecule has 0 spiro atoms. The first-order chi connectivity index (χ1) is 6.27. The summed E-state index contributed by atoms with van der Waals surface area (Å²) < 4.78 is 0. The van der Waals surface area contributed by atoms with Crippen LogP contribution in [0.4, 0.5) is 5.69 Å². The van der Waals surface area contributed by atoms with E-state index in [0.29, 0.717) is 0 Å². The van der Waals surface area contributed by atoms with E-state index in [9.17, 15) is 9.59 Å². The van der Waals surface area contributed by atoms with Gasteiger partial charge < -0.3 is 4.98 Å². The average molecular weight is 178 g/mol. The number of nitrogens with one attached hydrogen (secondary N) is 1. The number of H-pyrrole nitrogens is 1. The molecule has 68 valence electrons. The summed E-state index contributed by atoms with van der Waals surface area (Å²) in [6, 6.07) is 3.27. The van der Waals surface area contributed by atoms with E-state index in [-0.39, 0.29) is 11.2 Å². The van der Waals surface area contributed by atoms with Crippen molar-refractivity contribution in [3.05, 3.63) is 28.2 Å². The fraction of sp³-hybridized carbons (Fsp3) is 0.333. The van der Waals surface area contributed by atoms with Gasteiger partial charge in [-0.05, 0) is 18.6 Å². The molecule has 0 atom stereocenters. The van der Waals surface area contributed by atoms with Crippen LogP contribution in [0.25, 0.3) is 0 Å². The van der Waals surface area contributed by atoms with Gasteiger partial charge in [0.1, 0.15) is 5.69 Å². The summed E-state index contributed by atoms with van der Waals surface area (Å²) in [5.41, 5.74) is 0.626. The number of aliphatic imine (C=N–C) groups is 1. The molecule has 1 aromatic rings. The van der Waals surface area contributed by atoms with Gasteiger partial charge in [-0.1, -0.05) is 13.3 Å². The minimum Gasteiger partial charge on any atom is -0.324 e. The first-order valence-corrected chi connectivity index (χ1v) is 4.08. The van der Waals surface area contributed by atoms with E-state index >= 15 is 0 Å². The molecule has 0 aliphatic heterocycles. The van der Waals surface area contributed by atoms with Crippen molar-refractivity contribution in [2.45, 2.75) is 19.8 Å². The third kappa shape index (κ3) is 2.39. The molecule has 0 aromatic carbocycles. The van der Waals surface area contributed by atoms with Crippen LogP contribution in [0.2, 0.25) is 0 Å². The summed E-state index contributed by atoms with van der Waals surface area (Å²) in [4.78, 5) is 27.0. The number of pyridine rings is 1. The van der Waals surface area contributed by atoms with Crippen LogP contribution >= 0.6 is 0 Å². The van der Waals surface area contributed by atoms with Gasteiger partial charge in [0, 0.05) is 5.69 Å². The number of carbonyl (C=O) groups excluding carboxylic acids is 1. The average Bonchev–Trinajstić information content (AvgIpc) is 2.10. The quantitative estimate of drug-likeness (QED) is 0.560. The number of nitrogens with zero attached hydrogens (tertiary/aromatic N) is 1. The zero-order chi connectivity index (χ0) is 9.68. The summed E-state index contributed by atoms with van der Waals surface area (Å²) in [6.07, 6.45) is 3.12. The highest BCUT2D eigenvalue weighted by atomic mass is 16.1. The number of aromatic nitrogens is 1. The summed E-state index contributed by atoms with van der Waals surface area (Å²) in [6.45, 7) is 2.02. The Hall–Kier alpha value is -1.67. The Labute approximate surface area is 75.3 Å². The van der Waals surface area contributed by atoms with Crippen LogP contribution in [0.15, 0.2) is 21.9 Å². The Morgan fingerprint density at radius 3 is 2.85 bits per heavy atom. The van der Waals surface area contributed by atoms with Crippen LogP contribution in [0.5, 0.6) is 0 Å². The van der Waals surface area contributed by atoms with E-state index in [4.69, 9.17) is 0 Å². The molecule has 0 aliphatic carbocycles. The molecule has 0 fully saturated rings. The maximum atomic E-state index is 11.2. The smallest absolute Gasteiger partial charge is 0.274 e. The molecule has 0 saturated carbocycles. The molecule has 0 aliphatic rings. The van der Waals surface area contributed by atoms with E-state index in [1.807, 2.05) is 6.92 Å². The standard InChI is InChI=1S/C9H10N2O2/c1-2-3-7-4-5-8(10-6-12)9(13)11-7/h4-5H,2-3H2,1H3,(H,11,13). The van der Waals surface area contributed by atoms with E-state index < -0.39 is 0 Å². The monoisotopic (exact) mass is 178 g/mol. The van der Waals surface area contributed by atoms with Crippen LogP contribution in [-0.4, -0.2) is 11.1 Å². The van der Waals surface area contributed by atoms with Crippen molar-refractivity contribution in [2.24, 2.45) is 4.99 Å². The maximum absolute atomic E-state index is 11.2. The van der Waals surface area contributed by atoms with E-state index in [1.54, 1.807) is 6.07 Å². The van der Waals surface area contributed by atoms with Crippen LogP contribution < -0.4 is 5.56 Å². The number of aryl methyl sites for hydroxylation is 1. The van der Waals surface area contributed by atoms with E-state index in [0.717, 1.165) is 18.5 Å². The second-order valence-electron chi connectivity index (χ2n) is 2.65. The fourth-order valence-corrected chi connectivity index (χ4v) is 1.06. The first-order valence-electron chi connectivity index (χ1n) is 4.08. The number of isocyanates is 1. The van der Waals surface area contributed by atoms with Gasteiger partial charge in [0.2, 0.25) is 6.08 Å². The molecule has 0 saturated heterocycles. The molecule has 0 unspecified atom stereocenters. The molecule has 4 heteroatoms. The zero-order valence-electron chi connectivity index (χ0n) is 7.33. The van der Waals surface area contributed by atoms with Crippen LogP contribution in [0.3, 0.4) is 0 Å². The normalized spacial score (nSPS) is 9.31. The lowest BCUT2D eigenvalue weighted by Gasteiger charge is -1.97. The second-order valence-corrected chi connectivity index (χ2v) is 2.65. The van der Waals surface area contributed by atoms with Crippen molar-refractivity contribution >= 4 is 11.8 Å². The molecule has 13 heavy (non-hydrogen) atoms. The van der Waals surface area contributed by atoms with Crippen molar-refractivity contribution in [2.75, 3.05) is 0 Å². The largest absolute Gasteiger partial charge is 0.324 e. The van der Waals surface area contributed by atoms with Crippen molar-refractivity contribution in [3.8, 4) is 0 Å². The zero-order valence-corrected chi connectivity index (χ0v) is 7.33. The Balaban J connectivity index is 3.05. The molecular formula is C9H10N2O2. The Morgan fingerprint density at radius 1 is 1.54 bits per heavy atom. The fourth-order valence-electron chi connectivity index (χ4n) is 1.06. The SMILES string of the molecule is CCCc1ccc(N=C=O)c(=O)[nH]1. The summed E-state index contributed by atoms with van der Waals surface area (Å²) in [5, 5.41) is 0. The van der Waals surface area contributed by atoms with Gasteiger partial charge in [-0.3, -0.25) is 4.79 Å². The maximum Gasteiger partial charge on any atom is 0.274 e. The van der Waals surface area contributed by atoms with Gasteiger partial charge in [0.05, 0.1) is 0 Å². The molecule has 0 bridgehead atoms. The Kier molecular flexibility index (Phi) is 3.17. The Bertz CT molecular complexity index is 389. The molecule has 1 N–H and O–H groups in total. The predicted molar refractivity (Wildman–Crippen MR) is 48.8 cm³/mol. The van der Waals surface area contributed by atoms with Gasteiger partial charge >= 0.3 is 0 Å². The van der Waals surface area contributed by atoms with Crippen LogP contribution in [0.1, 0.15) is 19.0 Å². The van der Waals surface area contributed by atoms with Gasteiger partial charge in [-0.25, -0.2) is 4.79 Å². The summed E-state index contributed by atoms with van der Waals surface area (Å²) in [5.74, 6) is 0. The van der Waals surface area contributed by atoms with Crippen molar-refractivity contribution < 1.29 is 4.79 Å². The highest BCUT2D eigenvalue weighted by Gasteiger charge is 1.98. The minimum absolute atomic E-state index is 0.106. The molecule has 1 aromatic heterocycles. The van der Waals surface area contributed by atoms with Gasteiger partial charge in [-0.2, -0.15) is 4.99 Å². The van der Waals surface area contributed by atoms with E-state index in [2.05, 4.69) is 9.98 Å². The second kappa shape index (κ2) is 4.38. The number of aromatic amines is 1. The molecule has 1 heterocycles. The Morgan fingerprint density at radius 2 is 2.31 bits per heavy atom. The van der Waals surface area contributed by atoms with Crippen molar-refractivity contribution in [1.29, 1.82) is 0 Å². The highest BCUT2D eigenvalue weighted by Crippen LogP contribution is 2.04. The molecule has 1 rings (SSSR count). The van der Waals surface area contributed by atoms with Crippen LogP contribution in [-0.2, 0) is 11.2 Å². The lowest BCUT2D eigenvalue weighted by molar-refractivity contribution is 0.565. The predicted octanol–water partition coefficient (Wildman–Crippen LogP) is 1.29. The van der Waals surface area contributed by atoms with E-state index in [1.165, 1.54) is 12.1 Å². The van der Waals surface area contributed by atoms with Gasteiger partial charge in [0.15, 0.2) is 0 Å². The number of rotatable bonds is 3. The summed E-state index contributed by atoms with van der Waals surface area (Å²) >= 11 is 0. The third-order valence-corrected chi connectivity index (χ3v) is 1.63. The molecular weight excluding hydrogens is 168 g/mol. The minimum atomic E-state index is -0.339. The molecule has 0 radical (unpaired) electrons. The highest BCUT2D eigenvalue weighted by molar-refractivity contribution is 5.47. The first kappa shape index (κ1) is 9.42. The van der Waals surface area contributed by atoms with Crippen molar-refractivity contribution in [3.63, 3.8) is 0 Å². The third-order valence-electron chi connectivity index (χ3n) is 1.63. The van der Waals surface area contributed by atoms with Crippen LogP contribution in [0, 0.1) is 0 Å². The lowest BCUT2D eigenvalue weighted by atomic mass is 10.2. The summed E-state index contributed by atoms with van der Waals surface area (Å²) in [7, 11) is 0. The molecule has 4 nitrogen and oxygen atoms in total.